The first-order chi connectivity index (χ1) is 8.67. The second-order valence-corrected chi connectivity index (χ2v) is 4.46. The van der Waals surface area contributed by atoms with Crippen molar-refractivity contribution in [3.05, 3.63) is 24.1 Å². The summed E-state index contributed by atoms with van der Waals surface area (Å²) in [6, 6.07) is 5.57. The summed E-state index contributed by atoms with van der Waals surface area (Å²) in [4.78, 5) is 17.8. The van der Waals surface area contributed by atoms with Gasteiger partial charge in [-0.2, -0.15) is 0 Å². The van der Waals surface area contributed by atoms with Crippen LogP contribution in [0.15, 0.2) is 22.6 Å². The number of aryl methyl sites for hydroxylation is 1. The fourth-order valence-electron chi connectivity index (χ4n) is 2.27. The van der Waals surface area contributed by atoms with Gasteiger partial charge in [0.15, 0.2) is 11.5 Å². The zero-order chi connectivity index (χ0) is 12.7. The summed E-state index contributed by atoms with van der Waals surface area (Å²) in [5.74, 6) is 3.33. The molecule has 0 saturated carbocycles. The van der Waals surface area contributed by atoms with Gasteiger partial charge in [0, 0.05) is 37.6 Å². The van der Waals surface area contributed by atoms with E-state index in [-0.39, 0.29) is 11.8 Å². The van der Waals surface area contributed by atoms with Crippen LogP contribution in [-0.4, -0.2) is 17.4 Å². The molecular weight excluding hydrogens is 228 g/mol. The molecule has 18 heavy (non-hydrogen) atoms. The third kappa shape index (κ3) is 1.65. The van der Waals surface area contributed by atoms with E-state index in [2.05, 4.69) is 10.9 Å². The molecule has 1 unspecified atom stereocenters. The molecule has 1 fully saturated rings. The quantitative estimate of drug-likeness (QED) is 0.717. The average Bonchev–Trinajstić information content (AvgIpc) is 2.89. The van der Waals surface area contributed by atoms with Gasteiger partial charge in [0.1, 0.15) is 5.52 Å². The second kappa shape index (κ2) is 3.88. The van der Waals surface area contributed by atoms with Gasteiger partial charge in [-0.25, -0.2) is 4.98 Å². The van der Waals surface area contributed by atoms with Crippen LogP contribution in [-0.2, 0) is 4.79 Å². The molecule has 1 amide bonds. The topological polar surface area (TPSA) is 46.3 Å². The van der Waals surface area contributed by atoms with Crippen molar-refractivity contribution in [2.24, 2.45) is 5.92 Å². The van der Waals surface area contributed by atoms with E-state index in [1.807, 2.05) is 18.2 Å². The lowest BCUT2D eigenvalue weighted by Crippen LogP contribution is -2.24. The Bertz CT molecular complexity index is 666. The molecule has 4 nitrogen and oxygen atoms in total. The number of anilines is 1. The number of carbonyl (C=O) groups is 1. The van der Waals surface area contributed by atoms with Crippen molar-refractivity contribution >= 4 is 22.7 Å². The van der Waals surface area contributed by atoms with Crippen molar-refractivity contribution < 1.29 is 9.21 Å². The number of amides is 1. The third-order valence-corrected chi connectivity index (χ3v) is 3.15. The number of carbonyl (C=O) groups excluding carboxylic acids is 1. The number of nitrogens with zero attached hydrogens (tertiary/aromatic N) is 2. The summed E-state index contributed by atoms with van der Waals surface area (Å²) in [5.41, 5.74) is 2.32. The molecule has 1 atom stereocenters. The summed E-state index contributed by atoms with van der Waals surface area (Å²) in [6.45, 7) is 2.38. The van der Waals surface area contributed by atoms with Crippen molar-refractivity contribution in [3.63, 3.8) is 0 Å². The maximum atomic E-state index is 11.9. The monoisotopic (exact) mass is 240 g/mol. The fraction of sp³-hybridized carbons (Fsp3) is 0.286. The molecule has 0 spiro atoms. The molecule has 0 radical (unpaired) electrons. The molecule has 1 aliphatic rings. The van der Waals surface area contributed by atoms with E-state index in [0.29, 0.717) is 24.4 Å². The Morgan fingerprint density at radius 2 is 2.39 bits per heavy atom. The predicted octanol–water partition coefficient (Wildman–Crippen LogP) is 2.12. The fourth-order valence-corrected chi connectivity index (χ4v) is 2.27. The minimum atomic E-state index is 0.00431. The van der Waals surface area contributed by atoms with Crippen LogP contribution in [0.5, 0.6) is 0 Å². The molecule has 1 saturated heterocycles. The van der Waals surface area contributed by atoms with Crippen molar-refractivity contribution in [1.29, 1.82) is 0 Å². The Kier molecular flexibility index (Phi) is 2.34. The highest BCUT2D eigenvalue weighted by atomic mass is 16.3. The van der Waals surface area contributed by atoms with Gasteiger partial charge >= 0.3 is 0 Å². The molecule has 90 valence electrons. The Hall–Kier alpha value is -2.28. The normalized spacial score (nSPS) is 19.4. The van der Waals surface area contributed by atoms with E-state index in [4.69, 9.17) is 10.8 Å². The standard InChI is InChI=1S/C14H12N2O2/c1-3-10-6-14(17)16(8-10)11-4-5-12-13(7-11)18-9(2)15-12/h1,4-5,7,10H,6,8H2,2H3. The van der Waals surface area contributed by atoms with Crippen molar-refractivity contribution in [2.45, 2.75) is 13.3 Å². The SMILES string of the molecule is C#CC1CC(=O)N(c2ccc3nc(C)oc3c2)C1. The number of benzene rings is 1. The van der Waals surface area contributed by atoms with E-state index >= 15 is 0 Å². The lowest BCUT2D eigenvalue weighted by Gasteiger charge is -2.15. The minimum absolute atomic E-state index is 0.00431. The maximum Gasteiger partial charge on any atom is 0.228 e. The number of terminal acetylenes is 1. The number of aromatic nitrogens is 1. The second-order valence-electron chi connectivity index (χ2n) is 4.46. The molecule has 0 bridgehead atoms. The highest BCUT2D eigenvalue weighted by molar-refractivity contribution is 5.97. The van der Waals surface area contributed by atoms with Gasteiger partial charge < -0.3 is 9.32 Å². The van der Waals surface area contributed by atoms with Crippen LogP contribution in [0.4, 0.5) is 5.69 Å². The average molecular weight is 240 g/mol. The molecule has 1 aliphatic heterocycles. The first kappa shape index (κ1) is 10.8. The zero-order valence-electron chi connectivity index (χ0n) is 10.0. The third-order valence-electron chi connectivity index (χ3n) is 3.15. The maximum absolute atomic E-state index is 11.9. The molecule has 1 aromatic carbocycles. The Balaban J connectivity index is 1.99. The number of hydrogen-bond acceptors (Lipinski definition) is 3. The number of fused-ring (bicyclic) bond motifs is 1. The van der Waals surface area contributed by atoms with Gasteiger partial charge in [0.25, 0.3) is 0 Å². The van der Waals surface area contributed by atoms with Crippen LogP contribution in [0.25, 0.3) is 11.1 Å². The number of oxazole rings is 1. The summed E-state index contributed by atoms with van der Waals surface area (Å²) in [7, 11) is 0. The Morgan fingerprint density at radius 1 is 1.56 bits per heavy atom. The van der Waals surface area contributed by atoms with E-state index in [1.165, 1.54) is 0 Å². The lowest BCUT2D eigenvalue weighted by atomic mass is 10.1. The molecule has 2 aromatic rings. The minimum Gasteiger partial charge on any atom is -0.441 e. The molecule has 0 aliphatic carbocycles. The highest BCUT2D eigenvalue weighted by Gasteiger charge is 2.29. The van der Waals surface area contributed by atoms with Crippen molar-refractivity contribution in [1.82, 2.24) is 4.98 Å². The van der Waals surface area contributed by atoms with E-state index < -0.39 is 0 Å². The highest BCUT2D eigenvalue weighted by Crippen LogP contribution is 2.28. The smallest absolute Gasteiger partial charge is 0.228 e. The van der Waals surface area contributed by atoms with Crippen LogP contribution in [0.2, 0.25) is 0 Å². The van der Waals surface area contributed by atoms with Crippen LogP contribution in [0.3, 0.4) is 0 Å². The van der Waals surface area contributed by atoms with Gasteiger partial charge in [0.2, 0.25) is 5.91 Å². The van der Waals surface area contributed by atoms with Gasteiger partial charge in [-0.3, -0.25) is 4.79 Å². The zero-order valence-corrected chi connectivity index (χ0v) is 10.0. The van der Waals surface area contributed by atoms with Crippen molar-refractivity contribution in [2.75, 3.05) is 11.4 Å². The largest absolute Gasteiger partial charge is 0.441 e. The van der Waals surface area contributed by atoms with Crippen LogP contribution in [0.1, 0.15) is 12.3 Å². The summed E-state index contributed by atoms with van der Waals surface area (Å²) < 4.78 is 5.47. The van der Waals surface area contributed by atoms with Crippen LogP contribution < -0.4 is 4.90 Å². The Morgan fingerprint density at radius 3 is 3.11 bits per heavy atom. The molecular formula is C14H12N2O2. The van der Waals surface area contributed by atoms with Crippen molar-refractivity contribution in [3.8, 4) is 12.3 Å². The number of hydrogen-bond donors (Lipinski definition) is 0. The van der Waals surface area contributed by atoms with E-state index in [0.717, 1.165) is 11.2 Å². The number of rotatable bonds is 1. The molecule has 1 aromatic heterocycles. The Labute approximate surface area is 105 Å². The van der Waals surface area contributed by atoms with Crippen LogP contribution in [0, 0.1) is 25.2 Å². The summed E-state index contributed by atoms with van der Waals surface area (Å²) in [5, 5.41) is 0. The van der Waals surface area contributed by atoms with Gasteiger partial charge in [-0.15, -0.1) is 12.3 Å². The van der Waals surface area contributed by atoms with E-state index in [9.17, 15) is 4.79 Å². The van der Waals surface area contributed by atoms with Gasteiger partial charge in [0.05, 0.1) is 0 Å². The first-order valence-corrected chi connectivity index (χ1v) is 5.81. The van der Waals surface area contributed by atoms with Gasteiger partial charge in [-0.05, 0) is 12.1 Å². The van der Waals surface area contributed by atoms with Crippen LogP contribution >= 0.6 is 0 Å². The molecule has 3 rings (SSSR count). The molecule has 0 N–H and O–H groups in total. The predicted molar refractivity (Wildman–Crippen MR) is 68.0 cm³/mol. The van der Waals surface area contributed by atoms with Gasteiger partial charge in [-0.1, -0.05) is 0 Å². The first-order valence-electron chi connectivity index (χ1n) is 5.81. The molecule has 2 heterocycles. The summed E-state index contributed by atoms with van der Waals surface area (Å²) in [6.07, 6.45) is 5.79. The summed E-state index contributed by atoms with van der Waals surface area (Å²) >= 11 is 0. The lowest BCUT2D eigenvalue weighted by molar-refractivity contribution is -0.117. The molecule has 4 heteroatoms. The van der Waals surface area contributed by atoms with E-state index in [1.54, 1.807) is 11.8 Å².